The fourth-order valence-corrected chi connectivity index (χ4v) is 4.82. The van der Waals surface area contributed by atoms with Crippen molar-refractivity contribution in [3.63, 3.8) is 0 Å². The van der Waals surface area contributed by atoms with E-state index in [0.29, 0.717) is 0 Å². The zero-order chi connectivity index (χ0) is 12.6. The highest BCUT2D eigenvalue weighted by Gasteiger charge is 2.37. The zero-order valence-corrected chi connectivity index (χ0v) is 12.2. The average molecular weight is 264 g/mol. The molecule has 1 aromatic heterocycles. The van der Waals surface area contributed by atoms with E-state index in [1.54, 1.807) is 0 Å². The van der Waals surface area contributed by atoms with Crippen LogP contribution in [0.15, 0.2) is 0 Å². The van der Waals surface area contributed by atoms with E-state index < -0.39 is 0 Å². The Hall–Kier alpha value is -0.410. The Morgan fingerprint density at radius 2 is 2.17 bits per heavy atom. The highest BCUT2D eigenvalue weighted by molar-refractivity contribution is 7.11. The molecule has 2 aliphatic carbocycles. The second-order valence-corrected chi connectivity index (χ2v) is 7.21. The topological polar surface area (TPSA) is 38.9 Å². The fraction of sp³-hybridized carbons (Fsp3) is 0.800. The van der Waals surface area contributed by atoms with E-state index in [1.807, 2.05) is 11.3 Å². The van der Waals surface area contributed by atoms with Crippen LogP contribution in [-0.4, -0.2) is 4.98 Å². The Balaban J connectivity index is 1.86. The summed E-state index contributed by atoms with van der Waals surface area (Å²) in [4.78, 5) is 6.44. The lowest BCUT2D eigenvalue weighted by atomic mass is 9.75. The van der Waals surface area contributed by atoms with Gasteiger partial charge in [-0.3, -0.25) is 0 Å². The first-order valence-corrected chi connectivity index (χ1v) is 8.31. The molecule has 0 aliphatic heterocycles. The van der Waals surface area contributed by atoms with Gasteiger partial charge in [-0.15, -0.1) is 11.3 Å². The Bertz CT molecular complexity index is 403. The summed E-state index contributed by atoms with van der Waals surface area (Å²) in [5.74, 6) is 0.810. The van der Waals surface area contributed by atoms with Gasteiger partial charge in [-0.25, -0.2) is 4.98 Å². The van der Waals surface area contributed by atoms with Gasteiger partial charge in [0.15, 0.2) is 0 Å². The van der Waals surface area contributed by atoms with Gasteiger partial charge >= 0.3 is 0 Å². The number of aromatic nitrogens is 1. The number of nitrogens with zero attached hydrogens (tertiary/aromatic N) is 1. The Labute approximate surface area is 114 Å². The monoisotopic (exact) mass is 264 g/mol. The summed E-state index contributed by atoms with van der Waals surface area (Å²) in [6, 6.07) is 0. The summed E-state index contributed by atoms with van der Waals surface area (Å²) in [6.07, 6.45) is 11.3. The van der Waals surface area contributed by atoms with Crippen molar-refractivity contribution >= 4 is 11.3 Å². The third-order valence-corrected chi connectivity index (χ3v) is 6.11. The second kappa shape index (κ2) is 4.93. The number of nitrogens with two attached hydrogens (primary N) is 1. The van der Waals surface area contributed by atoms with Gasteiger partial charge in [0.05, 0.1) is 11.2 Å². The Morgan fingerprint density at radius 3 is 2.94 bits per heavy atom. The molecular weight excluding hydrogens is 240 g/mol. The Morgan fingerprint density at radius 1 is 1.33 bits per heavy atom. The van der Waals surface area contributed by atoms with Gasteiger partial charge in [-0.2, -0.15) is 0 Å². The third kappa shape index (κ3) is 2.23. The van der Waals surface area contributed by atoms with Crippen LogP contribution in [0.5, 0.6) is 0 Å². The molecule has 1 fully saturated rings. The number of hydrogen-bond donors (Lipinski definition) is 1. The van der Waals surface area contributed by atoms with Crippen LogP contribution in [0.4, 0.5) is 0 Å². The minimum absolute atomic E-state index is 0.110. The van der Waals surface area contributed by atoms with E-state index in [1.165, 1.54) is 60.5 Å². The van der Waals surface area contributed by atoms with Gasteiger partial charge in [-0.1, -0.05) is 26.2 Å². The minimum Gasteiger partial charge on any atom is -0.319 e. The molecule has 3 heteroatoms. The summed E-state index contributed by atoms with van der Waals surface area (Å²) in [5, 5.41) is 1.24. The van der Waals surface area contributed by atoms with Crippen molar-refractivity contribution in [3.05, 3.63) is 15.6 Å². The van der Waals surface area contributed by atoms with Crippen LogP contribution in [0.3, 0.4) is 0 Å². The predicted molar refractivity (Wildman–Crippen MR) is 76.9 cm³/mol. The van der Waals surface area contributed by atoms with Gasteiger partial charge in [0, 0.05) is 4.88 Å². The van der Waals surface area contributed by atoms with Crippen molar-refractivity contribution in [2.75, 3.05) is 0 Å². The van der Waals surface area contributed by atoms with Gasteiger partial charge in [0.25, 0.3) is 0 Å². The van der Waals surface area contributed by atoms with Crippen molar-refractivity contribution in [2.24, 2.45) is 11.7 Å². The van der Waals surface area contributed by atoms with E-state index in [2.05, 4.69) is 6.92 Å². The van der Waals surface area contributed by atoms with Crippen LogP contribution in [0.25, 0.3) is 0 Å². The summed E-state index contributed by atoms with van der Waals surface area (Å²) in [7, 11) is 0. The number of hydrogen-bond acceptors (Lipinski definition) is 3. The van der Waals surface area contributed by atoms with Crippen LogP contribution in [0, 0.1) is 5.92 Å². The molecule has 2 N–H and O–H groups in total. The molecule has 2 aliphatic rings. The lowest BCUT2D eigenvalue weighted by Crippen LogP contribution is -2.41. The normalized spacial score (nSPS) is 32.2. The number of thiazole rings is 1. The molecule has 2 atom stereocenters. The largest absolute Gasteiger partial charge is 0.319 e. The number of fused-ring (bicyclic) bond motifs is 1. The molecule has 1 aromatic rings. The van der Waals surface area contributed by atoms with Gasteiger partial charge in [0.1, 0.15) is 5.01 Å². The molecule has 18 heavy (non-hydrogen) atoms. The molecule has 2 unspecified atom stereocenters. The molecule has 0 amide bonds. The molecule has 1 heterocycles. The first-order chi connectivity index (χ1) is 8.71. The van der Waals surface area contributed by atoms with Crippen LogP contribution in [0.2, 0.25) is 0 Å². The first kappa shape index (κ1) is 12.6. The van der Waals surface area contributed by atoms with E-state index >= 15 is 0 Å². The van der Waals surface area contributed by atoms with Crippen molar-refractivity contribution < 1.29 is 0 Å². The molecule has 1 saturated carbocycles. The van der Waals surface area contributed by atoms with Gasteiger partial charge in [0.2, 0.25) is 0 Å². The number of aryl methyl sites for hydroxylation is 2. The van der Waals surface area contributed by atoms with Crippen LogP contribution >= 0.6 is 11.3 Å². The molecule has 0 aromatic carbocycles. The van der Waals surface area contributed by atoms with Crippen molar-refractivity contribution in [2.45, 2.75) is 70.3 Å². The maximum Gasteiger partial charge on any atom is 0.113 e. The summed E-state index contributed by atoms with van der Waals surface area (Å²) in [5.41, 5.74) is 7.96. The highest BCUT2D eigenvalue weighted by atomic mass is 32.1. The molecular formula is C15H24N2S. The predicted octanol–water partition coefficient (Wildman–Crippen LogP) is 3.78. The van der Waals surface area contributed by atoms with Crippen molar-refractivity contribution in [1.29, 1.82) is 0 Å². The standard InChI is InChI=1S/C15H24N2S/c1-2-11-6-5-9-15(16,10-11)14-17-12-7-3-4-8-13(12)18-14/h11H,2-10,16H2,1H3. The maximum atomic E-state index is 6.71. The average Bonchev–Trinajstić information content (AvgIpc) is 2.83. The maximum absolute atomic E-state index is 6.71. The molecule has 3 rings (SSSR count). The molecule has 100 valence electrons. The first-order valence-electron chi connectivity index (χ1n) is 7.49. The van der Waals surface area contributed by atoms with Crippen LogP contribution in [-0.2, 0) is 18.4 Å². The van der Waals surface area contributed by atoms with Crippen LogP contribution < -0.4 is 5.73 Å². The van der Waals surface area contributed by atoms with E-state index in [9.17, 15) is 0 Å². The third-order valence-electron chi connectivity index (χ3n) is 4.74. The quantitative estimate of drug-likeness (QED) is 0.883. The number of rotatable bonds is 2. The zero-order valence-electron chi connectivity index (χ0n) is 11.4. The van der Waals surface area contributed by atoms with Gasteiger partial charge < -0.3 is 5.73 Å². The van der Waals surface area contributed by atoms with Crippen LogP contribution in [0.1, 0.15) is 67.4 Å². The SMILES string of the molecule is CCC1CCCC(N)(c2nc3c(s2)CCCC3)C1. The summed E-state index contributed by atoms with van der Waals surface area (Å²) >= 11 is 1.92. The summed E-state index contributed by atoms with van der Waals surface area (Å²) in [6.45, 7) is 2.29. The van der Waals surface area contributed by atoms with E-state index in [-0.39, 0.29) is 5.54 Å². The highest BCUT2D eigenvalue weighted by Crippen LogP contribution is 2.42. The lowest BCUT2D eigenvalue weighted by molar-refractivity contribution is 0.220. The minimum atomic E-state index is -0.110. The van der Waals surface area contributed by atoms with E-state index in [4.69, 9.17) is 10.7 Å². The lowest BCUT2D eigenvalue weighted by Gasteiger charge is -2.36. The second-order valence-electron chi connectivity index (χ2n) is 6.12. The van der Waals surface area contributed by atoms with E-state index in [0.717, 1.165) is 18.8 Å². The smallest absolute Gasteiger partial charge is 0.113 e. The molecule has 0 bridgehead atoms. The molecule has 0 radical (unpaired) electrons. The fourth-order valence-electron chi connectivity index (χ4n) is 3.53. The molecule has 2 nitrogen and oxygen atoms in total. The van der Waals surface area contributed by atoms with Gasteiger partial charge in [-0.05, 0) is 44.4 Å². The Kier molecular flexibility index (Phi) is 3.46. The van der Waals surface area contributed by atoms with Crippen molar-refractivity contribution in [3.8, 4) is 0 Å². The summed E-state index contributed by atoms with van der Waals surface area (Å²) < 4.78 is 0. The molecule has 0 spiro atoms. The van der Waals surface area contributed by atoms with Crippen molar-refractivity contribution in [1.82, 2.24) is 4.98 Å². The molecule has 0 saturated heterocycles.